The second-order valence-electron chi connectivity index (χ2n) is 3.09. The summed E-state index contributed by atoms with van der Waals surface area (Å²) in [6.45, 7) is -0.979. The Kier molecular flexibility index (Phi) is 6.23. The van der Waals surface area contributed by atoms with Crippen LogP contribution in [0, 0.1) is 0 Å². The second kappa shape index (κ2) is 6.60. The van der Waals surface area contributed by atoms with Crippen LogP contribution in [0.5, 0.6) is 0 Å². The van der Waals surface area contributed by atoms with Gasteiger partial charge in [0, 0.05) is 6.42 Å². The lowest BCUT2D eigenvalue weighted by Crippen LogP contribution is -2.39. The van der Waals surface area contributed by atoms with Crippen molar-refractivity contribution < 1.29 is 27.5 Å². The summed E-state index contributed by atoms with van der Waals surface area (Å²) >= 11 is 0. The average molecular weight is 231 g/mol. The molecular formula is C8H13F4NO2. The number of unbranched alkanes of at least 4 members (excludes halogenated alkanes) is 1. The number of alkyl halides is 4. The van der Waals surface area contributed by atoms with Crippen molar-refractivity contribution >= 4 is 5.97 Å². The van der Waals surface area contributed by atoms with Gasteiger partial charge in [-0.1, -0.05) is 0 Å². The Morgan fingerprint density at radius 2 is 1.93 bits per heavy atom. The molecule has 2 N–H and O–H groups in total. The molecule has 0 aliphatic heterocycles. The third-order valence-corrected chi connectivity index (χ3v) is 1.67. The monoisotopic (exact) mass is 231 g/mol. The van der Waals surface area contributed by atoms with Crippen LogP contribution >= 0.6 is 0 Å². The lowest BCUT2D eigenvalue weighted by atomic mass is 10.2. The number of carbonyl (C=O) groups is 1. The Hall–Kier alpha value is -0.850. The molecule has 0 aliphatic rings. The summed E-state index contributed by atoms with van der Waals surface area (Å²) in [5, 5.41) is 10.4. The molecule has 0 unspecified atom stereocenters. The van der Waals surface area contributed by atoms with Gasteiger partial charge in [-0.05, 0) is 19.4 Å². The summed E-state index contributed by atoms with van der Waals surface area (Å²) in [6, 6.07) is 0. The normalized spacial score (nSPS) is 12.1. The van der Waals surface area contributed by atoms with Crippen LogP contribution in [0.25, 0.3) is 0 Å². The predicted molar refractivity (Wildman–Crippen MR) is 45.3 cm³/mol. The van der Waals surface area contributed by atoms with Crippen molar-refractivity contribution in [2.75, 3.05) is 13.1 Å². The van der Waals surface area contributed by atoms with E-state index in [1.165, 1.54) is 0 Å². The molecule has 0 aromatic carbocycles. The van der Waals surface area contributed by atoms with Crippen LogP contribution in [0.4, 0.5) is 17.6 Å². The quantitative estimate of drug-likeness (QED) is 0.494. The van der Waals surface area contributed by atoms with Gasteiger partial charge in [0.2, 0.25) is 0 Å². The highest BCUT2D eigenvalue weighted by atomic mass is 19.3. The van der Waals surface area contributed by atoms with E-state index in [1.807, 2.05) is 0 Å². The van der Waals surface area contributed by atoms with Gasteiger partial charge < -0.3 is 10.4 Å². The first-order valence-corrected chi connectivity index (χ1v) is 4.45. The van der Waals surface area contributed by atoms with Gasteiger partial charge >= 0.3 is 18.3 Å². The van der Waals surface area contributed by atoms with Crippen LogP contribution in [0.1, 0.15) is 19.3 Å². The van der Waals surface area contributed by atoms with E-state index >= 15 is 0 Å². The fraction of sp³-hybridized carbons (Fsp3) is 0.875. The average Bonchev–Trinajstić information content (AvgIpc) is 2.10. The summed E-state index contributed by atoms with van der Waals surface area (Å²) in [7, 11) is 0. The Morgan fingerprint density at radius 1 is 1.33 bits per heavy atom. The van der Waals surface area contributed by atoms with E-state index in [0.29, 0.717) is 12.8 Å². The summed E-state index contributed by atoms with van der Waals surface area (Å²) in [6.07, 6.45) is -3.02. The van der Waals surface area contributed by atoms with Gasteiger partial charge in [-0.3, -0.25) is 4.79 Å². The summed E-state index contributed by atoms with van der Waals surface area (Å²) in [4.78, 5) is 10.0. The summed E-state index contributed by atoms with van der Waals surface area (Å²) in [5.41, 5.74) is 0. The molecule has 0 heterocycles. The van der Waals surface area contributed by atoms with Gasteiger partial charge in [-0.15, -0.1) is 0 Å². The van der Waals surface area contributed by atoms with Crippen molar-refractivity contribution in [2.24, 2.45) is 0 Å². The van der Waals surface area contributed by atoms with Crippen LogP contribution in [0.15, 0.2) is 0 Å². The number of carboxylic acid groups (broad SMARTS) is 1. The Balaban J connectivity index is 3.42. The minimum absolute atomic E-state index is 0.0487. The molecule has 0 radical (unpaired) electrons. The zero-order valence-electron chi connectivity index (χ0n) is 7.98. The fourth-order valence-electron chi connectivity index (χ4n) is 0.858. The van der Waals surface area contributed by atoms with E-state index in [1.54, 1.807) is 0 Å². The molecule has 0 aliphatic carbocycles. The van der Waals surface area contributed by atoms with Crippen LogP contribution in [0.2, 0.25) is 0 Å². The van der Waals surface area contributed by atoms with Crippen molar-refractivity contribution in [2.45, 2.75) is 31.6 Å². The Labute approximate surface area is 84.5 Å². The highest BCUT2D eigenvalue weighted by molar-refractivity contribution is 5.66. The van der Waals surface area contributed by atoms with Crippen LogP contribution < -0.4 is 5.32 Å². The number of halogens is 4. The second-order valence-corrected chi connectivity index (χ2v) is 3.09. The van der Waals surface area contributed by atoms with Gasteiger partial charge in [0.1, 0.15) is 0 Å². The van der Waals surface area contributed by atoms with Crippen LogP contribution in [0.3, 0.4) is 0 Å². The molecule has 0 atom stereocenters. The zero-order chi connectivity index (χ0) is 11.9. The minimum Gasteiger partial charge on any atom is -0.481 e. The summed E-state index contributed by atoms with van der Waals surface area (Å²) in [5.74, 6) is -4.99. The molecular weight excluding hydrogens is 218 g/mol. The minimum atomic E-state index is -4.02. The number of nitrogens with one attached hydrogen (secondary N) is 1. The lowest BCUT2D eigenvalue weighted by molar-refractivity contribution is -0.137. The maximum Gasteiger partial charge on any atom is 0.319 e. The Morgan fingerprint density at radius 3 is 2.40 bits per heavy atom. The molecule has 3 nitrogen and oxygen atoms in total. The first-order valence-electron chi connectivity index (χ1n) is 4.45. The van der Waals surface area contributed by atoms with Gasteiger partial charge in [-0.25, -0.2) is 8.78 Å². The van der Waals surface area contributed by atoms with Crippen molar-refractivity contribution in [3.8, 4) is 0 Å². The number of hydrogen-bond acceptors (Lipinski definition) is 2. The third kappa shape index (κ3) is 7.12. The molecule has 0 saturated heterocycles. The Bertz CT molecular complexity index is 199. The molecule has 0 spiro atoms. The van der Waals surface area contributed by atoms with Crippen molar-refractivity contribution in [3.63, 3.8) is 0 Å². The first-order chi connectivity index (χ1) is 6.86. The number of carboxylic acids is 1. The van der Waals surface area contributed by atoms with E-state index in [2.05, 4.69) is 5.32 Å². The first kappa shape index (κ1) is 14.2. The zero-order valence-corrected chi connectivity index (χ0v) is 7.98. The maximum atomic E-state index is 12.3. The molecule has 0 amide bonds. The summed E-state index contributed by atoms with van der Waals surface area (Å²) < 4.78 is 47.8. The van der Waals surface area contributed by atoms with Gasteiger partial charge in [0.25, 0.3) is 0 Å². The molecule has 7 heteroatoms. The van der Waals surface area contributed by atoms with E-state index < -0.39 is 24.9 Å². The SMILES string of the molecule is O=C(O)CCCCNCC(F)(F)C(F)F. The van der Waals surface area contributed by atoms with E-state index in [9.17, 15) is 22.4 Å². The van der Waals surface area contributed by atoms with Crippen LogP contribution in [-0.2, 0) is 4.79 Å². The topological polar surface area (TPSA) is 49.3 Å². The van der Waals surface area contributed by atoms with Gasteiger partial charge in [0.05, 0.1) is 6.54 Å². The maximum absolute atomic E-state index is 12.3. The van der Waals surface area contributed by atoms with E-state index in [-0.39, 0.29) is 13.0 Å². The molecule has 0 bridgehead atoms. The molecule has 0 fully saturated rings. The molecule has 0 aromatic rings. The third-order valence-electron chi connectivity index (χ3n) is 1.67. The fourth-order valence-corrected chi connectivity index (χ4v) is 0.858. The van der Waals surface area contributed by atoms with E-state index in [4.69, 9.17) is 5.11 Å². The molecule has 0 aromatic heterocycles. The molecule has 90 valence electrons. The van der Waals surface area contributed by atoms with E-state index in [0.717, 1.165) is 0 Å². The standard InChI is InChI=1S/C8H13F4NO2/c9-7(10)8(11,12)5-13-4-2-1-3-6(14)15/h7,13H,1-5H2,(H,14,15). The number of hydrogen-bond donors (Lipinski definition) is 2. The van der Waals surface area contributed by atoms with Gasteiger partial charge in [0.15, 0.2) is 0 Å². The van der Waals surface area contributed by atoms with Gasteiger partial charge in [-0.2, -0.15) is 8.78 Å². The molecule has 0 saturated carbocycles. The van der Waals surface area contributed by atoms with Crippen molar-refractivity contribution in [3.05, 3.63) is 0 Å². The lowest BCUT2D eigenvalue weighted by Gasteiger charge is -2.15. The highest BCUT2D eigenvalue weighted by Crippen LogP contribution is 2.21. The molecule has 15 heavy (non-hydrogen) atoms. The van der Waals surface area contributed by atoms with Crippen molar-refractivity contribution in [1.29, 1.82) is 0 Å². The molecule has 0 rings (SSSR count). The van der Waals surface area contributed by atoms with Crippen molar-refractivity contribution in [1.82, 2.24) is 5.32 Å². The predicted octanol–water partition coefficient (Wildman–Crippen LogP) is 1.73. The van der Waals surface area contributed by atoms with Crippen LogP contribution in [-0.4, -0.2) is 36.5 Å². The smallest absolute Gasteiger partial charge is 0.319 e. The highest BCUT2D eigenvalue weighted by Gasteiger charge is 2.39. The largest absolute Gasteiger partial charge is 0.481 e. The number of rotatable bonds is 8. The number of aliphatic carboxylic acids is 1.